The Kier molecular flexibility index (Phi) is 1.87. The van der Waals surface area contributed by atoms with Gasteiger partial charge in [-0.1, -0.05) is 5.16 Å². The minimum atomic E-state index is -0.161. The lowest BCUT2D eigenvalue weighted by atomic mass is 9.74. The molecule has 84 valence electrons. The first-order chi connectivity index (χ1) is 7.72. The topological polar surface area (TPSA) is 62.1 Å². The van der Waals surface area contributed by atoms with Gasteiger partial charge in [0, 0.05) is 12.0 Å². The maximum Gasteiger partial charge on any atom is 0.129 e. The fourth-order valence-corrected chi connectivity index (χ4v) is 2.44. The number of oxime groups is 1. The zero-order chi connectivity index (χ0) is 11.2. The minimum absolute atomic E-state index is 0.160. The van der Waals surface area contributed by atoms with Gasteiger partial charge in [-0.05, 0) is 37.5 Å². The number of phenolic OH excluding ortho intramolecular Hbond substituents is 1. The van der Waals surface area contributed by atoms with Gasteiger partial charge < -0.3 is 15.1 Å². The Morgan fingerprint density at radius 1 is 1.31 bits per heavy atom. The van der Waals surface area contributed by atoms with Crippen LogP contribution in [-0.2, 0) is 0 Å². The van der Waals surface area contributed by atoms with Crippen molar-refractivity contribution in [3.8, 4) is 11.5 Å². The molecule has 2 N–H and O–H groups in total. The van der Waals surface area contributed by atoms with Crippen molar-refractivity contribution >= 4 is 5.71 Å². The third kappa shape index (κ3) is 1.26. The number of hydrogen-bond acceptors (Lipinski definition) is 4. The van der Waals surface area contributed by atoms with E-state index in [1.54, 1.807) is 18.2 Å². The molecule has 16 heavy (non-hydrogen) atoms. The number of benzene rings is 1. The van der Waals surface area contributed by atoms with Crippen LogP contribution in [0.1, 0.15) is 31.2 Å². The maximum atomic E-state index is 9.41. The van der Waals surface area contributed by atoms with Gasteiger partial charge in [-0.15, -0.1) is 0 Å². The van der Waals surface area contributed by atoms with Crippen LogP contribution in [0.25, 0.3) is 0 Å². The second-order valence-electron chi connectivity index (χ2n) is 4.54. The summed E-state index contributed by atoms with van der Waals surface area (Å²) in [4.78, 5) is 0. The minimum Gasteiger partial charge on any atom is -0.508 e. The molecule has 0 saturated heterocycles. The van der Waals surface area contributed by atoms with Crippen molar-refractivity contribution in [3.05, 3.63) is 23.8 Å². The first-order valence-corrected chi connectivity index (χ1v) is 5.46. The van der Waals surface area contributed by atoms with E-state index >= 15 is 0 Å². The molecule has 4 heteroatoms. The molecule has 1 saturated carbocycles. The highest BCUT2D eigenvalue weighted by atomic mass is 16.5. The van der Waals surface area contributed by atoms with Crippen molar-refractivity contribution in [2.75, 3.05) is 0 Å². The number of hydrogen-bond donors (Lipinski definition) is 2. The van der Waals surface area contributed by atoms with Crippen LogP contribution in [-0.4, -0.2) is 21.6 Å². The summed E-state index contributed by atoms with van der Waals surface area (Å²) < 4.78 is 5.94. The quantitative estimate of drug-likeness (QED) is 0.519. The van der Waals surface area contributed by atoms with Gasteiger partial charge >= 0.3 is 0 Å². The van der Waals surface area contributed by atoms with Crippen molar-refractivity contribution in [2.24, 2.45) is 5.16 Å². The summed E-state index contributed by atoms with van der Waals surface area (Å²) in [5, 5.41) is 21.8. The van der Waals surface area contributed by atoms with Gasteiger partial charge in [-0.25, -0.2) is 0 Å². The third-order valence-corrected chi connectivity index (χ3v) is 3.48. The molecule has 0 unspecified atom stereocenters. The van der Waals surface area contributed by atoms with Gasteiger partial charge in [-0.3, -0.25) is 0 Å². The van der Waals surface area contributed by atoms with Gasteiger partial charge in [0.2, 0.25) is 0 Å². The molecule has 0 atom stereocenters. The molecule has 1 aromatic carbocycles. The summed E-state index contributed by atoms with van der Waals surface area (Å²) in [6.45, 7) is 0. The van der Waals surface area contributed by atoms with Gasteiger partial charge in [0.05, 0.1) is 5.71 Å². The van der Waals surface area contributed by atoms with Crippen molar-refractivity contribution in [3.63, 3.8) is 0 Å². The van der Waals surface area contributed by atoms with E-state index in [9.17, 15) is 5.11 Å². The number of rotatable bonds is 0. The molecular weight excluding hydrogens is 206 g/mol. The van der Waals surface area contributed by atoms with E-state index in [0.717, 1.165) is 19.3 Å². The molecule has 2 aliphatic rings. The first-order valence-electron chi connectivity index (χ1n) is 5.46. The Balaban J connectivity index is 2.08. The van der Waals surface area contributed by atoms with E-state index in [1.165, 1.54) is 0 Å². The fraction of sp³-hybridized carbons (Fsp3) is 0.417. The zero-order valence-electron chi connectivity index (χ0n) is 8.81. The van der Waals surface area contributed by atoms with E-state index in [0.29, 0.717) is 23.4 Å². The average Bonchev–Trinajstić information content (AvgIpc) is 2.25. The zero-order valence-corrected chi connectivity index (χ0v) is 8.81. The van der Waals surface area contributed by atoms with Crippen LogP contribution in [0.15, 0.2) is 23.4 Å². The molecule has 0 bridgehead atoms. The summed E-state index contributed by atoms with van der Waals surface area (Å²) >= 11 is 0. The predicted molar refractivity (Wildman–Crippen MR) is 58.3 cm³/mol. The molecule has 1 aliphatic carbocycles. The SMILES string of the molecule is O/N=C1/CC2(CCC2)Oc2ccc(O)cc21. The molecule has 3 rings (SSSR count). The number of fused-ring (bicyclic) bond motifs is 1. The number of aromatic hydroxyl groups is 1. The van der Waals surface area contributed by atoms with Crippen LogP contribution >= 0.6 is 0 Å². The van der Waals surface area contributed by atoms with Gasteiger partial charge in [0.25, 0.3) is 0 Å². The smallest absolute Gasteiger partial charge is 0.129 e. The van der Waals surface area contributed by atoms with Crippen LogP contribution in [0, 0.1) is 0 Å². The summed E-state index contributed by atoms with van der Waals surface area (Å²) in [5.74, 6) is 0.865. The Labute approximate surface area is 93.2 Å². The third-order valence-electron chi connectivity index (χ3n) is 3.48. The average molecular weight is 219 g/mol. The monoisotopic (exact) mass is 219 g/mol. The highest BCUT2D eigenvalue weighted by Crippen LogP contribution is 2.45. The van der Waals surface area contributed by atoms with Crippen molar-refractivity contribution in [1.82, 2.24) is 0 Å². The van der Waals surface area contributed by atoms with E-state index in [2.05, 4.69) is 5.16 Å². The molecule has 1 aromatic rings. The maximum absolute atomic E-state index is 9.41. The lowest BCUT2D eigenvalue weighted by molar-refractivity contribution is -0.00550. The Hall–Kier alpha value is -1.71. The molecule has 0 aromatic heterocycles. The number of phenols is 1. The standard InChI is InChI=1S/C12H13NO3/c14-8-2-3-11-9(6-8)10(13-15)7-12(16-11)4-1-5-12/h2-3,6,14-15H,1,4-5,7H2/b13-10-. The second kappa shape index (κ2) is 3.14. The highest BCUT2D eigenvalue weighted by Gasteiger charge is 2.44. The fourth-order valence-electron chi connectivity index (χ4n) is 2.44. The van der Waals surface area contributed by atoms with Crippen LogP contribution in [0.4, 0.5) is 0 Å². The molecule has 1 fully saturated rings. The van der Waals surface area contributed by atoms with E-state index < -0.39 is 0 Å². The summed E-state index contributed by atoms with van der Waals surface area (Å²) in [7, 11) is 0. The summed E-state index contributed by atoms with van der Waals surface area (Å²) in [6.07, 6.45) is 3.80. The normalized spacial score (nSPS) is 23.6. The van der Waals surface area contributed by atoms with Gasteiger partial charge in [-0.2, -0.15) is 0 Å². The van der Waals surface area contributed by atoms with E-state index in [4.69, 9.17) is 9.94 Å². The number of ether oxygens (including phenoxy) is 1. The predicted octanol–water partition coefficient (Wildman–Crippen LogP) is 2.28. The van der Waals surface area contributed by atoms with E-state index in [-0.39, 0.29) is 11.4 Å². The number of nitrogens with zero attached hydrogens (tertiary/aromatic N) is 1. The Morgan fingerprint density at radius 3 is 2.75 bits per heavy atom. The largest absolute Gasteiger partial charge is 0.508 e. The first kappa shape index (κ1) is 9.51. The van der Waals surface area contributed by atoms with Crippen LogP contribution in [0.2, 0.25) is 0 Å². The lowest BCUT2D eigenvalue weighted by Gasteiger charge is -2.45. The van der Waals surface area contributed by atoms with Gasteiger partial charge in [0.15, 0.2) is 0 Å². The van der Waals surface area contributed by atoms with Crippen LogP contribution in [0.3, 0.4) is 0 Å². The van der Waals surface area contributed by atoms with Crippen molar-refractivity contribution < 1.29 is 15.1 Å². The lowest BCUT2D eigenvalue weighted by Crippen LogP contribution is -2.47. The summed E-state index contributed by atoms with van der Waals surface area (Å²) in [5.41, 5.74) is 1.14. The van der Waals surface area contributed by atoms with Crippen LogP contribution in [0.5, 0.6) is 11.5 Å². The van der Waals surface area contributed by atoms with Crippen molar-refractivity contribution in [1.29, 1.82) is 0 Å². The molecule has 1 aliphatic heterocycles. The van der Waals surface area contributed by atoms with E-state index in [1.807, 2.05) is 0 Å². The van der Waals surface area contributed by atoms with Crippen molar-refractivity contribution in [2.45, 2.75) is 31.3 Å². The highest BCUT2D eigenvalue weighted by molar-refractivity contribution is 6.04. The molecule has 0 amide bonds. The molecule has 1 heterocycles. The Bertz CT molecular complexity index is 463. The molecule has 1 spiro atoms. The molecule has 4 nitrogen and oxygen atoms in total. The molecular formula is C12H13NO3. The Morgan fingerprint density at radius 2 is 2.12 bits per heavy atom. The second-order valence-corrected chi connectivity index (χ2v) is 4.54. The molecule has 0 radical (unpaired) electrons. The summed E-state index contributed by atoms with van der Waals surface area (Å²) in [6, 6.07) is 4.90. The van der Waals surface area contributed by atoms with Gasteiger partial charge in [0.1, 0.15) is 17.1 Å². The van der Waals surface area contributed by atoms with Crippen LogP contribution < -0.4 is 4.74 Å².